The maximum Gasteiger partial charge on any atom is 0.264 e. The van der Waals surface area contributed by atoms with Crippen molar-refractivity contribution in [3.8, 4) is 5.75 Å². The van der Waals surface area contributed by atoms with Crippen LogP contribution in [0.15, 0.2) is 45.8 Å². The van der Waals surface area contributed by atoms with Gasteiger partial charge >= 0.3 is 0 Å². The molecule has 0 aliphatic rings. The van der Waals surface area contributed by atoms with Gasteiger partial charge in [0.1, 0.15) is 5.75 Å². The normalized spacial score (nSPS) is 11.3. The zero-order chi connectivity index (χ0) is 17.2. The Morgan fingerprint density at radius 1 is 1.22 bits per heavy atom. The molecule has 0 heterocycles. The van der Waals surface area contributed by atoms with Gasteiger partial charge in [0.05, 0.1) is 22.7 Å². The number of anilines is 1. The van der Waals surface area contributed by atoms with Gasteiger partial charge in [-0.1, -0.05) is 27.5 Å². The Bertz CT molecular complexity index is 824. The average molecular weight is 419 g/mol. The summed E-state index contributed by atoms with van der Waals surface area (Å²) in [6.45, 7) is 4.02. The van der Waals surface area contributed by atoms with Crippen LogP contribution in [-0.2, 0) is 10.0 Å². The smallest absolute Gasteiger partial charge is 0.264 e. The SMILES string of the molecule is CCN(c1ccc(Br)c(C)c1)S(=O)(=O)c1ccc(OC)c(Cl)c1. The van der Waals surface area contributed by atoms with Crippen LogP contribution in [0.25, 0.3) is 0 Å². The molecular weight excluding hydrogens is 402 g/mol. The molecule has 4 nitrogen and oxygen atoms in total. The lowest BCUT2D eigenvalue weighted by molar-refractivity contribution is 0.414. The molecule has 0 spiro atoms. The van der Waals surface area contributed by atoms with E-state index in [0.29, 0.717) is 18.0 Å². The zero-order valence-electron chi connectivity index (χ0n) is 13.0. The molecule has 0 amide bonds. The molecule has 2 rings (SSSR count). The number of benzene rings is 2. The first-order valence-corrected chi connectivity index (χ1v) is 9.54. The number of ether oxygens (including phenoxy) is 1. The number of methoxy groups -OCH3 is 1. The van der Waals surface area contributed by atoms with E-state index >= 15 is 0 Å². The van der Waals surface area contributed by atoms with E-state index in [2.05, 4.69) is 15.9 Å². The molecule has 0 fully saturated rings. The minimum atomic E-state index is -3.70. The molecule has 0 radical (unpaired) electrons. The van der Waals surface area contributed by atoms with Gasteiger partial charge in [-0.2, -0.15) is 0 Å². The molecule has 2 aromatic rings. The fourth-order valence-corrected chi connectivity index (χ4v) is 4.27. The zero-order valence-corrected chi connectivity index (χ0v) is 16.2. The first-order chi connectivity index (χ1) is 10.8. The third-order valence-corrected chi connectivity index (χ3v) is 6.51. The molecule has 2 aromatic carbocycles. The van der Waals surface area contributed by atoms with Crippen molar-refractivity contribution in [2.24, 2.45) is 0 Å². The van der Waals surface area contributed by atoms with Crippen LogP contribution in [0.2, 0.25) is 5.02 Å². The highest BCUT2D eigenvalue weighted by molar-refractivity contribution is 9.10. The van der Waals surface area contributed by atoms with Crippen molar-refractivity contribution in [2.75, 3.05) is 18.0 Å². The van der Waals surface area contributed by atoms with Gasteiger partial charge in [0.15, 0.2) is 0 Å². The summed E-state index contributed by atoms with van der Waals surface area (Å²) in [6, 6.07) is 9.89. The maximum absolute atomic E-state index is 12.9. The number of rotatable bonds is 5. The molecule has 0 atom stereocenters. The molecular formula is C16H17BrClNO3S. The van der Waals surface area contributed by atoms with Gasteiger partial charge in [-0.3, -0.25) is 4.31 Å². The van der Waals surface area contributed by atoms with Crippen molar-refractivity contribution in [3.05, 3.63) is 51.5 Å². The number of aryl methyl sites for hydroxylation is 1. The van der Waals surface area contributed by atoms with Crippen LogP contribution in [0.1, 0.15) is 12.5 Å². The first kappa shape index (κ1) is 18.1. The molecule has 0 aliphatic heterocycles. The molecule has 124 valence electrons. The second-order valence-electron chi connectivity index (χ2n) is 4.90. The first-order valence-electron chi connectivity index (χ1n) is 6.93. The summed E-state index contributed by atoms with van der Waals surface area (Å²) in [4.78, 5) is 0.130. The minimum Gasteiger partial charge on any atom is -0.495 e. The minimum absolute atomic E-state index is 0.130. The van der Waals surface area contributed by atoms with Crippen LogP contribution >= 0.6 is 27.5 Å². The summed E-state index contributed by atoms with van der Waals surface area (Å²) in [5.74, 6) is 0.438. The predicted molar refractivity (Wildman–Crippen MR) is 97.1 cm³/mol. The summed E-state index contributed by atoms with van der Waals surface area (Å²) < 4.78 is 33.2. The van der Waals surface area contributed by atoms with Crippen LogP contribution in [-0.4, -0.2) is 22.1 Å². The molecule has 7 heteroatoms. The number of sulfonamides is 1. The highest BCUT2D eigenvalue weighted by Gasteiger charge is 2.24. The van der Waals surface area contributed by atoms with Gasteiger partial charge in [0.2, 0.25) is 0 Å². The van der Waals surface area contributed by atoms with E-state index < -0.39 is 10.0 Å². The number of hydrogen-bond donors (Lipinski definition) is 0. The topological polar surface area (TPSA) is 46.6 Å². The fraction of sp³-hybridized carbons (Fsp3) is 0.250. The quantitative estimate of drug-likeness (QED) is 0.711. The Balaban J connectivity index is 2.50. The fourth-order valence-electron chi connectivity index (χ4n) is 2.21. The van der Waals surface area contributed by atoms with Crippen molar-refractivity contribution in [1.29, 1.82) is 0 Å². The Labute approximate surface area is 150 Å². The van der Waals surface area contributed by atoms with E-state index in [-0.39, 0.29) is 9.92 Å². The lowest BCUT2D eigenvalue weighted by atomic mass is 10.2. The van der Waals surface area contributed by atoms with Crippen LogP contribution in [0.5, 0.6) is 5.75 Å². The molecule has 0 saturated heterocycles. The van der Waals surface area contributed by atoms with Crippen molar-refractivity contribution >= 4 is 43.2 Å². The summed E-state index contributed by atoms with van der Waals surface area (Å²) in [7, 11) is -2.22. The van der Waals surface area contributed by atoms with Crippen LogP contribution in [0.3, 0.4) is 0 Å². The van der Waals surface area contributed by atoms with Crippen LogP contribution in [0.4, 0.5) is 5.69 Å². The maximum atomic E-state index is 12.9. The van der Waals surface area contributed by atoms with Gasteiger partial charge in [0, 0.05) is 11.0 Å². The summed E-state index contributed by atoms with van der Waals surface area (Å²) >= 11 is 9.48. The molecule has 0 unspecified atom stereocenters. The van der Waals surface area contributed by atoms with Crippen molar-refractivity contribution < 1.29 is 13.2 Å². The highest BCUT2D eigenvalue weighted by atomic mass is 79.9. The Morgan fingerprint density at radius 2 is 1.91 bits per heavy atom. The van der Waals surface area contributed by atoms with E-state index in [1.165, 1.54) is 23.5 Å². The van der Waals surface area contributed by atoms with Crippen LogP contribution < -0.4 is 9.04 Å². The Kier molecular flexibility index (Phi) is 5.60. The van der Waals surface area contributed by atoms with Gasteiger partial charge in [-0.05, 0) is 55.8 Å². The summed E-state index contributed by atoms with van der Waals surface area (Å²) in [5.41, 5.74) is 1.57. The van der Waals surface area contributed by atoms with E-state index in [4.69, 9.17) is 16.3 Å². The van der Waals surface area contributed by atoms with Crippen molar-refractivity contribution in [1.82, 2.24) is 0 Å². The highest BCUT2D eigenvalue weighted by Crippen LogP contribution is 2.31. The third kappa shape index (κ3) is 3.65. The summed E-state index contributed by atoms with van der Waals surface area (Å²) in [6.07, 6.45) is 0. The monoisotopic (exact) mass is 417 g/mol. The average Bonchev–Trinajstić information content (AvgIpc) is 2.51. The largest absolute Gasteiger partial charge is 0.495 e. The standard InChI is InChI=1S/C16H17BrClNO3S/c1-4-19(12-5-7-14(17)11(2)9-12)23(20,21)13-6-8-16(22-3)15(18)10-13/h5-10H,4H2,1-3H3. The van der Waals surface area contributed by atoms with Crippen molar-refractivity contribution in [2.45, 2.75) is 18.7 Å². The van der Waals surface area contributed by atoms with Gasteiger partial charge in [-0.15, -0.1) is 0 Å². The number of nitrogens with zero attached hydrogens (tertiary/aromatic N) is 1. The summed E-state index contributed by atoms with van der Waals surface area (Å²) in [5, 5.41) is 0.261. The molecule has 0 bridgehead atoms. The number of halogens is 2. The lowest BCUT2D eigenvalue weighted by Crippen LogP contribution is -2.30. The van der Waals surface area contributed by atoms with Gasteiger partial charge in [-0.25, -0.2) is 8.42 Å². The molecule has 0 aliphatic carbocycles. The second kappa shape index (κ2) is 7.11. The number of hydrogen-bond acceptors (Lipinski definition) is 3. The predicted octanol–water partition coefficient (Wildman–Crippen LogP) is 4.63. The lowest BCUT2D eigenvalue weighted by Gasteiger charge is -2.23. The third-order valence-electron chi connectivity index (χ3n) is 3.43. The Hall–Kier alpha value is -1.24. The van der Waals surface area contributed by atoms with E-state index in [0.717, 1.165) is 10.0 Å². The molecule has 0 saturated carbocycles. The van der Waals surface area contributed by atoms with E-state index in [1.54, 1.807) is 19.1 Å². The van der Waals surface area contributed by atoms with Crippen molar-refractivity contribution in [3.63, 3.8) is 0 Å². The van der Waals surface area contributed by atoms with Crippen LogP contribution in [0, 0.1) is 6.92 Å². The van der Waals surface area contributed by atoms with E-state index in [1.807, 2.05) is 19.1 Å². The molecule has 0 N–H and O–H groups in total. The molecule has 23 heavy (non-hydrogen) atoms. The van der Waals surface area contributed by atoms with Gasteiger partial charge in [0.25, 0.3) is 10.0 Å². The Morgan fingerprint density at radius 3 is 2.43 bits per heavy atom. The van der Waals surface area contributed by atoms with E-state index in [9.17, 15) is 8.42 Å². The molecule has 0 aromatic heterocycles. The van der Waals surface area contributed by atoms with Gasteiger partial charge < -0.3 is 4.74 Å². The second-order valence-corrected chi connectivity index (χ2v) is 8.02.